The minimum Gasteiger partial charge on any atom is -0.481 e. The molecule has 0 atom stereocenters. The number of carbonyl (C=O) groups is 2. The second-order valence-corrected chi connectivity index (χ2v) is 11.0. The lowest BCUT2D eigenvalue weighted by molar-refractivity contribution is -0.137. The van der Waals surface area contributed by atoms with Crippen LogP contribution < -0.4 is 0 Å². The first kappa shape index (κ1) is 33.3. The molecule has 0 spiro atoms. The van der Waals surface area contributed by atoms with E-state index in [-0.39, 0.29) is 26.1 Å². The molecule has 45 heavy (non-hydrogen) atoms. The van der Waals surface area contributed by atoms with Gasteiger partial charge >= 0.3 is 11.9 Å². The Labute approximate surface area is 261 Å². The normalized spacial score (nSPS) is 12.5. The summed E-state index contributed by atoms with van der Waals surface area (Å²) in [5, 5.41) is 34.9. The number of ether oxygens (including phenoxy) is 1. The van der Waals surface area contributed by atoms with Gasteiger partial charge in [-0.15, -0.1) is 0 Å². The van der Waals surface area contributed by atoms with Crippen molar-refractivity contribution in [3.8, 4) is 0 Å². The number of allylic oxidation sites excluding steroid dienone is 3. The number of aliphatic carboxylic acids is 2. The number of nitrogens with zero attached hydrogens (tertiary/aromatic N) is 2. The molecule has 0 aromatic carbocycles. The molecule has 0 saturated heterocycles. The van der Waals surface area contributed by atoms with Crippen LogP contribution in [0.5, 0.6) is 0 Å². The van der Waals surface area contributed by atoms with Gasteiger partial charge in [0.2, 0.25) is 0 Å². The van der Waals surface area contributed by atoms with Gasteiger partial charge in [-0.25, -0.2) is 9.97 Å². The molecule has 0 saturated carbocycles. The minimum atomic E-state index is -0.868. The molecule has 2 aliphatic heterocycles. The van der Waals surface area contributed by atoms with E-state index in [4.69, 9.17) is 20.2 Å². The molecule has 0 fully saturated rings. The summed E-state index contributed by atoms with van der Waals surface area (Å²) in [7, 11) is 0. The molecule has 8 bridgehead atoms. The van der Waals surface area contributed by atoms with Gasteiger partial charge in [0, 0.05) is 34.9 Å². The highest BCUT2D eigenvalue weighted by Crippen LogP contribution is 2.34. The van der Waals surface area contributed by atoms with Crippen LogP contribution in [0, 0.1) is 13.8 Å². The van der Waals surface area contributed by atoms with Gasteiger partial charge in [-0.3, -0.25) is 9.59 Å². The Morgan fingerprint density at radius 1 is 0.756 bits per heavy atom. The number of rotatable bonds is 10. The van der Waals surface area contributed by atoms with Crippen LogP contribution in [-0.4, -0.2) is 78.7 Å². The zero-order chi connectivity index (χ0) is 32.7. The zero-order valence-corrected chi connectivity index (χ0v) is 26.0. The summed E-state index contributed by atoms with van der Waals surface area (Å²) in [6.45, 7) is 8.71. The summed E-state index contributed by atoms with van der Waals surface area (Å²) in [6.07, 6.45) is 2.73. The fraction of sp³-hybridized carbons (Fsp3) is 0.353. The summed E-state index contributed by atoms with van der Waals surface area (Å²) in [6, 6.07) is 10.00. The molecule has 238 valence electrons. The summed E-state index contributed by atoms with van der Waals surface area (Å²) in [5.74, 6) is -1.73. The molecule has 0 radical (unpaired) electrons. The molecule has 5 rings (SSSR count). The predicted molar refractivity (Wildman–Crippen MR) is 174 cm³/mol. The number of aliphatic hydroxyl groups is 2. The van der Waals surface area contributed by atoms with Crippen molar-refractivity contribution in [2.24, 2.45) is 0 Å². The lowest BCUT2D eigenvalue weighted by Crippen LogP contribution is -2.03. The summed E-state index contributed by atoms with van der Waals surface area (Å²) < 4.78 is 4.63. The smallest absolute Gasteiger partial charge is 0.303 e. The topological polar surface area (TPSA) is 182 Å². The number of hydrogen-bond donors (Lipinski definition) is 6. The standard InChI is InChI=1S/C30H30N4O4.C4H10O3/c1-15-9-20-12-25-17(3)21(5-7-29(35)36)27(33-25)14-28-22(6-8-30(37)38)18(4)26(34-28)13-24-16(2)10-19(32-24)11-23(15)31-20;5-1-3-7-4-2-6/h9-14,32-33H,5-8H2,1-4H3,(H,35,36)(H,37,38);5-6H,1-4H2. The first-order valence-electron chi connectivity index (χ1n) is 14.8. The number of hydrogen-bond acceptors (Lipinski definition) is 7. The number of aliphatic hydroxyl groups excluding tert-OH is 2. The number of H-pyrrole nitrogens is 2. The molecule has 0 aliphatic carbocycles. The fourth-order valence-corrected chi connectivity index (χ4v) is 5.34. The van der Waals surface area contributed by atoms with E-state index in [2.05, 4.69) is 20.8 Å². The lowest BCUT2D eigenvalue weighted by atomic mass is 10.0. The molecule has 5 heterocycles. The molecule has 0 amide bonds. The summed E-state index contributed by atoms with van der Waals surface area (Å²) in [4.78, 5) is 39.5. The number of aromatic amines is 2. The SMILES string of the molecule is CC1=Cc2cc3[nH]c(cc4nc(cc5[nH]c(cc1n2)cc5C)C(C)=C4CCC(=O)O)c(CCC(=O)O)c3C.OCCOCCO. The number of carboxylic acid groups (broad SMARTS) is 2. The maximum Gasteiger partial charge on any atom is 0.303 e. The predicted octanol–water partition coefficient (Wildman–Crippen LogP) is 5.29. The zero-order valence-electron chi connectivity index (χ0n) is 26.0. The van der Waals surface area contributed by atoms with E-state index in [0.717, 1.165) is 72.6 Å². The van der Waals surface area contributed by atoms with Gasteiger partial charge in [0.1, 0.15) is 0 Å². The molecule has 2 aliphatic rings. The second-order valence-electron chi connectivity index (χ2n) is 11.0. The summed E-state index contributed by atoms with van der Waals surface area (Å²) >= 11 is 0. The van der Waals surface area contributed by atoms with Crippen LogP contribution in [0.3, 0.4) is 0 Å². The maximum atomic E-state index is 11.4. The van der Waals surface area contributed by atoms with Crippen LogP contribution >= 0.6 is 0 Å². The van der Waals surface area contributed by atoms with Gasteiger partial charge in [-0.05, 0) is 110 Å². The molecule has 11 heteroatoms. The Kier molecular flexibility index (Phi) is 11.1. The van der Waals surface area contributed by atoms with Crippen molar-refractivity contribution in [1.29, 1.82) is 0 Å². The molecular formula is C34H40N4O7. The van der Waals surface area contributed by atoms with Crippen molar-refractivity contribution in [2.75, 3.05) is 26.4 Å². The maximum absolute atomic E-state index is 11.4. The fourth-order valence-electron chi connectivity index (χ4n) is 5.34. The van der Waals surface area contributed by atoms with Crippen LogP contribution in [0.4, 0.5) is 0 Å². The van der Waals surface area contributed by atoms with Gasteiger partial charge in [-0.1, -0.05) is 0 Å². The third kappa shape index (κ3) is 8.33. The van der Waals surface area contributed by atoms with Gasteiger partial charge in [-0.2, -0.15) is 0 Å². The van der Waals surface area contributed by atoms with Gasteiger partial charge in [0.25, 0.3) is 0 Å². The Morgan fingerprint density at radius 3 is 2.09 bits per heavy atom. The van der Waals surface area contributed by atoms with Crippen molar-refractivity contribution < 1.29 is 34.8 Å². The van der Waals surface area contributed by atoms with Crippen molar-refractivity contribution in [1.82, 2.24) is 19.9 Å². The molecule has 3 aromatic rings. The number of nitrogens with one attached hydrogen (secondary N) is 2. The highest BCUT2D eigenvalue weighted by molar-refractivity contribution is 5.94. The minimum absolute atomic E-state index is 0.00159. The third-order valence-corrected chi connectivity index (χ3v) is 7.73. The van der Waals surface area contributed by atoms with E-state index in [1.54, 1.807) is 0 Å². The van der Waals surface area contributed by atoms with E-state index in [1.807, 2.05) is 58.0 Å². The van der Waals surface area contributed by atoms with Gasteiger partial charge in [0.05, 0.1) is 49.2 Å². The Morgan fingerprint density at radius 2 is 1.42 bits per heavy atom. The van der Waals surface area contributed by atoms with Crippen LogP contribution in [0.15, 0.2) is 30.3 Å². The Hall–Kier alpha value is -4.58. The largest absolute Gasteiger partial charge is 0.481 e. The van der Waals surface area contributed by atoms with Crippen LogP contribution in [-0.2, 0) is 20.7 Å². The molecule has 0 unspecified atom stereocenters. The first-order chi connectivity index (χ1) is 21.5. The molecule has 11 nitrogen and oxygen atoms in total. The van der Waals surface area contributed by atoms with E-state index in [1.165, 1.54) is 0 Å². The van der Waals surface area contributed by atoms with Crippen LogP contribution in [0.1, 0.15) is 72.6 Å². The van der Waals surface area contributed by atoms with Gasteiger partial charge in [0.15, 0.2) is 0 Å². The molecule has 6 N–H and O–H groups in total. The van der Waals surface area contributed by atoms with Gasteiger partial charge < -0.3 is 35.1 Å². The average Bonchev–Trinajstić information content (AvgIpc) is 3.67. The highest BCUT2D eigenvalue weighted by Gasteiger charge is 2.19. The third-order valence-electron chi connectivity index (χ3n) is 7.73. The van der Waals surface area contributed by atoms with Crippen molar-refractivity contribution in [2.45, 2.75) is 53.4 Å². The average molecular weight is 617 g/mol. The highest BCUT2D eigenvalue weighted by atomic mass is 16.5. The van der Waals surface area contributed by atoms with E-state index < -0.39 is 11.9 Å². The quantitative estimate of drug-likeness (QED) is 0.165. The Bertz CT molecular complexity index is 1810. The number of carboxylic acids is 2. The molecule has 3 aromatic heterocycles. The van der Waals surface area contributed by atoms with Crippen molar-refractivity contribution in [3.63, 3.8) is 0 Å². The number of aryl methyl sites for hydroxylation is 3. The molecular weight excluding hydrogens is 576 g/mol. The summed E-state index contributed by atoms with van der Waals surface area (Å²) in [5.41, 5.74) is 12.4. The Balaban J connectivity index is 0.000000591. The lowest BCUT2D eigenvalue weighted by Gasteiger charge is -2.03. The van der Waals surface area contributed by atoms with E-state index >= 15 is 0 Å². The van der Waals surface area contributed by atoms with Crippen molar-refractivity contribution >= 4 is 56.8 Å². The van der Waals surface area contributed by atoms with E-state index in [9.17, 15) is 19.8 Å². The monoisotopic (exact) mass is 616 g/mol. The number of fused-ring (bicyclic) bond motifs is 8. The van der Waals surface area contributed by atoms with Crippen LogP contribution in [0.25, 0.3) is 44.9 Å². The van der Waals surface area contributed by atoms with E-state index in [0.29, 0.717) is 31.7 Å². The van der Waals surface area contributed by atoms with Crippen LogP contribution in [0.2, 0.25) is 0 Å². The first-order valence-corrected chi connectivity index (χ1v) is 14.8. The van der Waals surface area contributed by atoms with Crippen molar-refractivity contribution in [3.05, 3.63) is 69.8 Å². The second kappa shape index (κ2) is 14.9. The number of aromatic nitrogens is 4.